The van der Waals surface area contributed by atoms with Gasteiger partial charge in [-0.25, -0.2) is 9.59 Å². The third-order valence-corrected chi connectivity index (χ3v) is 4.26. The van der Waals surface area contributed by atoms with Crippen LogP contribution in [0.2, 0.25) is 0 Å². The van der Waals surface area contributed by atoms with E-state index in [0.717, 1.165) is 0 Å². The predicted octanol–water partition coefficient (Wildman–Crippen LogP) is 3.19. The summed E-state index contributed by atoms with van der Waals surface area (Å²) >= 11 is 0. The maximum Gasteiger partial charge on any atom is 0.340 e. The molecule has 2 aromatic rings. The highest BCUT2D eigenvalue weighted by Crippen LogP contribution is 2.21. The molecule has 2 N–H and O–H groups in total. The first-order chi connectivity index (χ1) is 13.6. The van der Waals surface area contributed by atoms with E-state index in [0.29, 0.717) is 22.5 Å². The van der Waals surface area contributed by atoms with Gasteiger partial charge in [-0.05, 0) is 57.5 Å². The molecule has 1 heterocycles. The first kappa shape index (κ1) is 21.9. The van der Waals surface area contributed by atoms with Crippen LogP contribution in [0.1, 0.15) is 63.2 Å². The molecule has 1 aromatic heterocycles. The number of carbonyl (C=O) groups excluding carboxylic acids is 4. The van der Waals surface area contributed by atoms with Crippen LogP contribution < -0.4 is 5.32 Å². The van der Waals surface area contributed by atoms with Gasteiger partial charge in [0.05, 0.1) is 23.4 Å². The Bertz CT molecular complexity index is 943. The predicted molar refractivity (Wildman–Crippen MR) is 106 cm³/mol. The van der Waals surface area contributed by atoms with Crippen molar-refractivity contribution in [2.24, 2.45) is 0 Å². The lowest BCUT2D eigenvalue weighted by molar-refractivity contribution is -0.114. The minimum Gasteiger partial charge on any atom is -0.462 e. The lowest BCUT2D eigenvalue weighted by Crippen LogP contribution is -2.25. The van der Waals surface area contributed by atoms with Crippen molar-refractivity contribution in [1.82, 2.24) is 4.98 Å². The van der Waals surface area contributed by atoms with Crippen molar-refractivity contribution in [3.63, 3.8) is 0 Å². The molecule has 1 atom stereocenters. The van der Waals surface area contributed by atoms with E-state index in [2.05, 4.69) is 10.3 Å². The normalized spacial score (nSPS) is 11.5. The highest BCUT2D eigenvalue weighted by Gasteiger charge is 2.27. The summed E-state index contributed by atoms with van der Waals surface area (Å²) in [6, 6.07) is 6.12. The number of nitrogens with one attached hydrogen (secondary N) is 2. The number of rotatable bonds is 7. The van der Waals surface area contributed by atoms with Crippen molar-refractivity contribution in [1.29, 1.82) is 0 Å². The Kier molecular flexibility index (Phi) is 6.93. The fraction of sp³-hybridized carbons (Fsp3) is 0.333. The first-order valence-electron chi connectivity index (χ1n) is 9.14. The number of aromatic amines is 1. The Hall–Kier alpha value is -3.42. The molecule has 1 amide bonds. The number of aryl methyl sites for hydroxylation is 1. The second-order valence-corrected chi connectivity index (χ2v) is 6.52. The van der Waals surface area contributed by atoms with E-state index in [1.807, 2.05) is 0 Å². The molecule has 0 radical (unpaired) electrons. The summed E-state index contributed by atoms with van der Waals surface area (Å²) in [5.41, 5.74) is 2.26. The average molecular weight is 400 g/mol. The minimum atomic E-state index is -1.07. The summed E-state index contributed by atoms with van der Waals surface area (Å²) in [6.45, 7) is 8.08. The van der Waals surface area contributed by atoms with E-state index in [-0.39, 0.29) is 23.8 Å². The molecule has 2 rings (SSSR count). The van der Waals surface area contributed by atoms with Gasteiger partial charge < -0.3 is 19.8 Å². The monoisotopic (exact) mass is 400 g/mol. The van der Waals surface area contributed by atoms with Crippen LogP contribution in [0, 0.1) is 13.8 Å². The maximum atomic E-state index is 12.7. The number of amides is 1. The third kappa shape index (κ3) is 5.10. The van der Waals surface area contributed by atoms with E-state index in [1.165, 1.54) is 26.0 Å². The quantitative estimate of drug-likeness (QED) is 0.545. The van der Waals surface area contributed by atoms with Crippen molar-refractivity contribution < 1.29 is 28.7 Å². The van der Waals surface area contributed by atoms with Gasteiger partial charge in [-0.2, -0.15) is 0 Å². The zero-order valence-corrected chi connectivity index (χ0v) is 17.0. The second kappa shape index (κ2) is 9.18. The van der Waals surface area contributed by atoms with Crippen molar-refractivity contribution in [2.45, 2.75) is 40.7 Å². The summed E-state index contributed by atoms with van der Waals surface area (Å²) in [6.07, 6.45) is -1.07. The molecule has 0 aliphatic rings. The highest BCUT2D eigenvalue weighted by molar-refractivity contribution is 6.04. The zero-order valence-electron chi connectivity index (χ0n) is 17.0. The number of Topliss-reactive ketones (excluding diaryl/α,β-unsaturated/α-hetero) is 1. The molecule has 0 aliphatic heterocycles. The number of esters is 2. The average Bonchev–Trinajstić information content (AvgIpc) is 2.95. The number of ketones is 1. The molecule has 0 saturated heterocycles. The lowest BCUT2D eigenvalue weighted by atomic mass is 10.1. The highest BCUT2D eigenvalue weighted by atomic mass is 16.5. The van der Waals surface area contributed by atoms with Crippen LogP contribution in [-0.4, -0.2) is 41.3 Å². The molecule has 0 spiro atoms. The third-order valence-electron chi connectivity index (χ3n) is 4.26. The molecule has 0 aliphatic carbocycles. The molecule has 8 nitrogen and oxygen atoms in total. The summed E-state index contributed by atoms with van der Waals surface area (Å²) in [7, 11) is 0. The Morgan fingerprint density at radius 1 is 1.07 bits per heavy atom. The standard InChI is InChI=1S/C21H24N2O6/c1-6-28-21(27)17-11(2)18(22-12(17)3)19(25)13(4)29-20(26)15-7-9-16(10-8-15)23-14(5)24/h7-10,13,22H,6H2,1-5H3,(H,23,24)/t13-/m0/s1. The summed E-state index contributed by atoms with van der Waals surface area (Å²) in [4.78, 5) is 51.1. The number of hydrogen-bond donors (Lipinski definition) is 2. The number of H-pyrrole nitrogens is 1. The minimum absolute atomic E-state index is 0.201. The fourth-order valence-corrected chi connectivity index (χ4v) is 2.88. The van der Waals surface area contributed by atoms with Crippen molar-refractivity contribution in [3.8, 4) is 0 Å². The Balaban J connectivity index is 2.12. The van der Waals surface area contributed by atoms with Gasteiger partial charge >= 0.3 is 11.9 Å². The fourth-order valence-electron chi connectivity index (χ4n) is 2.88. The Labute approximate surface area is 168 Å². The van der Waals surface area contributed by atoms with Crippen LogP contribution in [-0.2, 0) is 14.3 Å². The van der Waals surface area contributed by atoms with Gasteiger partial charge in [0.15, 0.2) is 6.10 Å². The Morgan fingerprint density at radius 3 is 2.24 bits per heavy atom. The molecular formula is C21H24N2O6. The van der Waals surface area contributed by atoms with E-state index in [4.69, 9.17) is 9.47 Å². The Morgan fingerprint density at radius 2 is 1.69 bits per heavy atom. The topological polar surface area (TPSA) is 115 Å². The number of aromatic nitrogens is 1. The number of ether oxygens (including phenoxy) is 2. The van der Waals surface area contributed by atoms with Gasteiger partial charge in [0.1, 0.15) is 0 Å². The summed E-state index contributed by atoms with van der Waals surface area (Å²) in [5, 5.41) is 2.60. The summed E-state index contributed by atoms with van der Waals surface area (Å²) < 4.78 is 10.3. The molecule has 154 valence electrons. The number of carbonyl (C=O) groups is 4. The molecule has 29 heavy (non-hydrogen) atoms. The van der Waals surface area contributed by atoms with E-state index >= 15 is 0 Å². The molecule has 8 heteroatoms. The number of benzene rings is 1. The van der Waals surface area contributed by atoms with Gasteiger partial charge in [-0.3, -0.25) is 9.59 Å². The van der Waals surface area contributed by atoms with Crippen molar-refractivity contribution >= 4 is 29.3 Å². The first-order valence-corrected chi connectivity index (χ1v) is 9.14. The molecule has 0 unspecified atom stereocenters. The van der Waals surface area contributed by atoms with Gasteiger partial charge in [0, 0.05) is 18.3 Å². The van der Waals surface area contributed by atoms with Gasteiger partial charge in [-0.1, -0.05) is 0 Å². The van der Waals surface area contributed by atoms with E-state index in [9.17, 15) is 19.2 Å². The number of hydrogen-bond acceptors (Lipinski definition) is 6. The van der Waals surface area contributed by atoms with Crippen LogP contribution in [0.4, 0.5) is 5.69 Å². The van der Waals surface area contributed by atoms with Crippen LogP contribution >= 0.6 is 0 Å². The van der Waals surface area contributed by atoms with E-state index in [1.54, 1.807) is 32.9 Å². The molecule has 0 fully saturated rings. The summed E-state index contributed by atoms with van der Waals surface area (Å²) in [5.74, 6) is -1.86. The second-order valence-electron chi connectivity index (χ2n) is 6.52. The maximum absolute atomic E-state index is 12.7. The van der Waals surface area contributed by atoms with Gasteiger partial charge in [0.25, 0.3) is 0 Å². The van der Waals surface area contributed by atoms with Gasteiger partial charge in [-0.15, -0.1) is 0 Å². The van der Waals surface area contributed by atoms with Crippen LogP contribution in [0.3, 0.4) is 0 Å². The molecule has 1 aromatic carbocycles. The SMILES string of the molecule is CCOC(=O)c1c(C)[nH]c(C(=O)[C@H](C)OC(=O)c2ccc(NC(C)=O)cc2)c1C. The van der Waals surface area contributed by atoms with Crippen molar-refractivity contribution in [3.05, 3.63) is 52.3 Å². The number of anilines is 1. The van der Waals surface area contributed by atoms with Crippen LogP contribution in [0.25, 0.3) is 0 Å². The van der Waals surface area contributed by atoms with Crippen molar-refractivity contribution in [2.75, 3.05) is 11.9 Å². The van der Waals surface area contributed by atoms with E-state index < -0.39 is 23.8 Å². The van der Waals surface area contributed by atoms with Crippen LogP contribution in [0.5, 0.6) is 0 Å². The molecular weight excluding hydrogens is 376 g/mol. The molecule has 0 bridgehead atoms. The lowest BCUT2D eigenvalue weighted by Gasteiger charge is -2.12. The zero-order chi connectivity index (χ0) is 21.7. The van der Waals surface area contributed by atoms with Crippen LogP contribution in [0.15, 0.2) is 24.3 Å². The smallest absolute Gasteiger partial charge is 0.340 e. The molecule has 0 saturated carbocycles. The largest absolute Gasteiger partial charge is 0.462 e. The van der Waals surface area contributed by atoms with Gasteiger partial charge in [0.2, 0.25) is 11.7 Å².